The van der Waals surface area contributed by atoms with Gasteiger partial charge in [-0.05, 0) is 24.0 Å². The molecule has 0 fully saturated rings. The van der Waals surface area contributed by atoms with E-state index in [1.165, 1.54) is 11.1 Å². The Kier molecular flexibility index (Phi) is 31.3. The van der Waals surface area contributed by atoms with Crippen molar-refractivity contribution in [3.63, 3.8) is 0 Å². The normalized spacial score (nSPS) is 8.97. The zero-order chi connectivity index (χ0) is 21.0. The van der Waals surface area contributed by atoms with Crippen LogP contribution in [0.1, 0.15) is 24.0 Å². The number of rotatable bonds is 6. The number of hydrogen-bond donors (Lipinski definition) is 0. The molecule has 2 rings (SSSR count). The topological polar surface area (TPSA) is 69.2 Å². The second-order valence-corrected chi connectivity index (χ2v) is 5.08. The smallest absolute Gasteiger partial charge is 0.857 e. The van der Waals surface area contributed by atoms with Gasteiger partial charge in [0.15, 0.2) is 0 Å². The first-order valence-corrected chi connectivity index (χ1v) is 8.39. The molecule has 0 radical (unpaired) electrons. The van der Waals surface area contributed by atoms with E-state index < -0.39 is 7.25 Å². The van der Waals surface area contributed by atoms with Crippen LogP contribution in [-0.4, -0.2) is 27.6 Å². The van der Waals surface area contributed by atoms with Gasteiger partial charge in [0.25, 0.3) is 0 Å². The fourth-order valence-corrected chi connectivity index (χ4v) is 1.84. The summed E-state index contributed by atoms with van der Waals surface area (Å²) in [6, 6.07) is 20.2. The first kappa shape index (κ1) is 35.8. The van der Waals surface area contributed by atoms with Crippen LogP contribution in [0.3, 0.4) is 0 Å². The molecule has 0 heterocycles. The molecule has 0 atom stereocenters. The fourth-order valence-electron chi connectivity index (χ4n) is 1.84. The van der Waals surface area contributed by atoms with E-state index in [-0.39, 0.29) is 52.2 Å². The first-order chi connectivity index (χ1) is 12.9. The molecule has 0 unspecified atom stereocenters. The van der Waals surface area contributed by atoms with Crippen LogP contribution in [0, 0.1) is 0 Å². The molecular formula is C19H25BF4O3Ru2. The van der Waals surface area contributed by atoms with Crippen LogP contribution in [-0.2, 0) is 51.8 Å². The quantitative estimate of drug-likeness (QED) is 0.383. The van der Waals surface area contributed by atoms with E-state index in [9.17, 15) is 27.5 Å². The molecule has 0 saturated heterocycles. The average molecular weight is 590 g/mol. The minimum absolute atomic E-state index is 0. The van der Waals surface area contributed by atoms with Gasteiger partial charge in [-0.2, -0.15) is 7.11 Å². The minimum atomic E-state index is -6.00. The molecule has 3 nitrogen and oxygen atoms in total. The predicted octanol–water partition coefficient (Wildman–Crippen LogP) is 2.23. The van der Waals surface area contributed by atoms with E-state index in [0.29, 0.717) is 0 Å². The third kappa shape index (κ3) is 32.2. The molecule has 0 bridgehead atoms. The Morgan fingerprint density at radius 3 is 1.07 bits per heavy atom. The van der Waals surface area contributed by atoms with E-state index >= 15 is 0 Å². The molecule has 2 aromatic carbocycles. The van der Waals surface area contributed by atoms with Crippen molar-refractivity contribution in [1.29, 1.82) is 0 Å². The van der Waals surface area contributed by atoms with Gasteiger partial charge in [-0.15, -0.1) is 13.2 Å². The Morgan fingerprint density at radius 2 is 0.862 bits per heavy atom. The Balaban J connectivity index is -0.000000157. The van der Waals surface area contributed by atoms with Crippen LogP contribution in [0.4, 0.5) is 17.3 Å². The van der Waals surface area contributed by atoms with Gasteiger partial charge in [-0.1, -0.05) is 73.5 Å². The molecule has 0 aliphatic heterocycles. The summed E-state index contributed by atoms with van der Waals surface area (Å²) in [6.07, 6.45) is 3.35. The molecule has 2 aromatic rings. The minimum Gasteiger partial charge on any atom is -0.857 e. The summed E-state index contributed by atoms with van der Waals surface area (Å²) in [5, 5.41) is 28.5. The maximum absolute atomic E-state index is 10.1. The molecule has 0 saturated carbocycles. The van der Waals surface area contributed by atoms with Crippen LogP contribution in [0.2, 0.25) is 0 Å². The van der Waals surface area contributed by atoms with Crippen LogP contribution < -0.4 is 15.3 Å². The van der Waals surface area contributed by atoms with Gasteiger partial charge >= 0.3 is 46.2 Å². The summed E-state index contributed by atoms with van der Waals surface area (Å²) in [6.45, 7) is 0.0732. The van der Waals surface area contributed by atoms with E-state index in [2.05, 4.69) is 24.3 Å². The Bertz CT molecular complexity index is 486. The monoisotopic (exact) mass is 592 g/mol. The third-order valence-corrected chi connectivity index (χ3v) is 2.91. The van der Waals surface area contributed by atoms with Crippen molar-refractivity contribution in [2.24, 2.45) is 0 Å². The summed E-state index contributed by atoms with van der Waals surface area (Å²) < 4.78 is 39.0. The SMILES string of the molecule is C[O-].F[B-](F)(F)F.[O-]CCCc1ccccc1.[O-]CCCc1ccccc1.[Ru+2].[Ru+2]. The van der Waals surface area contributed by atoms with Gasteiger partial charge in [-0.25, -0.2) is 0 Å². The fraction of sp³-hybridized carbons (Fsp3) is 0.368. The van der Waals surface area contributed by atoms with Crippen molar-refractivity contribution in [1.82, 2.24) is 0 Å². The molecular weight excluding hydrogens is 565 g/mol. The molecule has 0 aliphatic carbocycles. The molecule has 0 aromatic heterocycles. The van der Waals surface area contributed by atoms with Crippen molar-refractivity contribution in [3.8, 4) is 0 Å². The molecule has 166 valence electrons. The summed E-state index contributed by atoms with van der Waals surface area (Å²) in [5.74, 6) is 0. The first-order valence-electron chi connectivity index (χ1n) is 8.39. The van der Waals surface area contributed by atoms with Crippen molar-refractivity contribution in [2.75, 3.05) is 20.3 Å². The van der Waals surface area contributed by atoms with E-state index in [0.717, 1.165) is 32.8 Å². The number of halogens is 4. The Labute approximate surface area is 196 Å². The molecule has 10 heteroatoms. The zero-order valence-corrected chi connectivity index (χ0v) is 19.5. The maximum Gasteiger partial charge on any atom is 2.00 e. The maximum atomic E-state index is 10.1. The van der Waals surface area contributed by atoms with E-state index in [4.69, 9.17) is 5.11 Å². The standard InChI is InChI=1S/2C9H11O.CH3O.BF4.2Ru/c2*10-8-4-7-9-5-2-1-3-6-9;1-2;2-1(3,4)5;;/h2*1-3,5-6H,4,7-8H2;1H3;;;/q4*-1;2*+2. The van der Waals surface area contributed by atoms with Crippen molar-refractivity contribution in [3.05, 3.63) is 71.8 Å². The van der Waals surface area contributed by atoms with Crippen LogP contribution in [0.5, 0.6) is 0 Å². The average Bonchev–Trinajstić information content (AvgIpc) is 2.67. The largest absolute Gasteiger partial charge is 2.00 e. The predicted molar refractivity (Wildman–Crippen MR) is 95.4 cm³/mol. The Hall–Kier alpha value is -0.648. The van der Waals surface area contributed by atoms with E-state index in [1.807, 2.05) is 36.4 Å². The van der Waals surface area contributed by atoms with Gasteiger partial charge in [0.2, 0.25) is 0 Å². The number of hydrogen-bond acceptors (Lipinski definition) is 3. The van der Waals surface area contributed by atoms with Gasteiger partial charge in [0.05, 0.1) is 0 Å². The number of benzene rings is 2. The zero-order valence-electron chi connectivity index (χ0n) is 16.0. The van der Waals surface area contributed by atoms with Crippen molar-refractivity contribution in [2.45, 2.75) is 25.7 Å². The number of aryl methyl sites for hydroxylation is 2. The summed E-state index contributed by atoms with van der Waals surface area (Å²) in [4.78, 5) is 0. The van der Waals surface area contributed by atoms with Crippen LogP contribution in [0.25, 0.3) is 0 Å². The second-order valence-electron chi connectivity index (χ2n) is 5.08. The van der Waals surface area contributed by atoms with Gasteiger partial charge in [-0.3, -0.25) is 0 Å². The second kappa shape index (κ2) is 25.4. The summed E-state index contributed by atoms with van der Waals surface area (Å²) in [7, 11) is -5.25. The van der Waals surface area contributed by atoms with Gasteiger partial charge < -0.3 is 32.6 Å². The third-order valence-electron chi connectivity index (χ3n) is 2.91. The Morgan fingerprint density at radius 1 is 0.621 bits per heavy atom. The van der Waals surface area contributed by atoms with Crippen LogP contribution >= 0.6 is 0 Å². The van der Waals surface area contributed by atoms with Crippen molar-refractivity contribution >= 4 is 7.25 Å². The molecule has 0 amide bonds. The summed E-state index contributed by atoms with van der Waals surface area (Å²) in [5.41, 5.74) is 2.52. The molecule has 0 aliphatic rings. The molecule has 0 N–H and O–H groups in total. The van der Waals surface area contributed by atoms with Gasteiger partial charge in [0.1, 0.15) is 0 Å². The van der Waals surface area contributed by atoms with E-state index in [1.54, 1.807) is 0 Å². The summed E-state index contributed by atoms with van der Waals surface area (Å²) >= 11 is 0. The van der Waals surface area contributed by atoms with Crippen LogP contribution in [0.15, 0.2) is 60.7 Å². The molecule has 0 spiro atoms. The van der Waals surface area contributed by atoms with Crippen molar-refractivity contribution < 1.29 is 71.5 Å². The van der Waals surface area contributed by atoms with Gasteiger partial charge in [0, 0.05) is 0 Å². The molecule has 29 heavy (non-hydrogen) atoms.